The van der Waals surface area contributed by atoms with E-state index in [1.165, 1.54) is 24.9 Å². The van der Waals surface area contributed by atoms with Gasteiger partial charge < -0.3 is 15.5 Å². The normalized spacial score (nSPS) is 19.7. The van der Waals surface area contributed by atoms with Gasteiger partial charge in [0.05, 0.1) is 0 Å². The van der Waals surface area contributed by atoms with Gasteiger partial charge in [0.1, 0.15) is 0 Å². The SMILES string of the molecule is NC(=O)C1CCN(C(=O)c2ccc(N3CCCCC3)cc2)CC1. The maximum absolute atomic E-state index is 12.6. The lowest BCUT2D eigenvalue weighted by atomic mass is 9.96. The second-order valence-electron chi connectivity index (χ2n) is 6.56. The van der Waals surface area contributed by atoms with Crippen LogP contribution < -0.4 is 10.6 Å². The summed E-state index contributed by atoms with van der Waals surface area (Å²) >= 11 is 0. The molecular weight excluding hydrogens is 290 g/mol. The fourth-order valence-electron chi connectivity index (χ4n) is 3.52. The van der Waals surface area contributed by atoms with Crippen molar-refractivity contribution < 1.29 is 9.59 Å². The van der Waals surface area contributed by atoms with Crippen molar-refractivity contribution in [2.75, 3.05) is 31.1 Å². The van der Waals surface area contributed by atoms with E-state index in [9.17, 15) is 9.59 Å². The molecule has 2 amide bonds. The Balaban J connectivity index is 1.60. The summed E-state index contributed by atoms with van der Waals surface area (Å²) < 4.78 is 0. The predicted molar refractivity (Wildman–Crippen MR) is 90.3 cm³/mol. The lowest BCUT2D eigenvalue weighted by molar-refractivity contribution is -0.123. The van der Waals surface area contributed by atoms with Gasteiger partial charge in [-0.2, -0.15) is 0 Å². The first-order chi connectivity index (χ1) is 11.1. The van der Waals surface area contributed by atoms with Crippen molar-refractivity contribution in [3.05, 3.63) is 29.8 Å². The summed E-state index contributed by atoms with van der Waals surface area (Å²) in [7, 11) is 0. The number of likely N-dealkylation sites (tertiary alicyclic amines) is 1. The Morgan fingerprint density at radius 3 is 2.09 bits per heavy atom. The molecule has 2 fully saturated rings. The largest absolute Gasteiger partial charge is 0.372 e. The fraction of sp³-hybridized carbons (Fsp3) is 0.556. The molecule has 2 heterocycles. The van der Waals surface area contributed by atoms with Crippen molar-refractivity contribution in [3.63, 3.8) is 0 Å². The van der Waals surface area contributed by atoms with Gasteiger partial charge in [0.2, 0.25) is 5.91 Å². The second kappa shape index (κ2) is 7.02. The van der Waals surface area contributed by atoms with E-state index in [4.69, 9.17) is 5.73 Å². The molecule has 0 atom stereocenters. The van der Waals surface area contributed by atoms with Crippen LogP contribution >= 0.6 is 0 Å². The summed E-state index contributed by atoms with van der Waals surface area (Å²) in [4.78, 5) is 28.0. The van der Waals surface area contributed by atoms with Crippen LogP contribution in [0.4, 0.5) is 5.69 Å². The monoisotopic (exact) mass is 315 g/mol. The molecule has 1 aromatic carbocycles. The first kappa shape index (κ1) is 15.8. The number of anilines is 1. The minimum Gasteiger partial charge on any atom is -0.372 e. The Hall–Kier alpha value is -2.04. The number of rotatable bonds is 3. The average Bonchev–Trinajstić information content (AvgIpc) is 2.62. The van der Waals surface area contributed by atoms with E-state index >= 15 is 0 Å². The van der Waals surface area contributed by atoms with Gasteiger partial charge in [0.15, 0.2) is 0 Å². The zero-order chi connectivity index (χ0) is 16.2. The van der Waals surface area contributed by atoms with Crippen LogP contribution in [0, 0.1) is 5.92 Å². The van der Waals surface area contributed by atoms with Crippen LogP contribution in [0.15, 0.2) is 24.3 Å². The van der Waals surface area contributed by atoms with Crippen LogP contribution in [0.3, 0.4) is 0 Å². The first-order valence-corrected chi connectivity index (χ1v) is 8.59. The second-order valence-corrected chi connectivity index (χ2v) is 6.56. The van der Waals surface area contributed by atoms with Gasteiger partial charge in [-0.05, 0) is 56.4 Å². The third-order valence-corrected chi connectivity index (χ3v) is 5.02. The van der Waals surface area contributed by atoms with Gasteiger partial charge in [-0.25, -0.2) is 0 Å². The minimum atomic E-state index is -0.247. The Labute approximate surface area is 137 Å². The van der Waals surface area contributed by atoms with Gasteiger partial charge in [-0.1, -0.05) is 0 Å². The van der Waals surface area contributed by atoms with E-state index in [0.717, 1.165) is 18.7 Å². The van der Waals surface area contributed by atoms with Crippen molar-refractivity contribution in [3.8, 4) is 0 Å². The Bertz CT molecular complexity index is 556. The number of carbonyl (C=O) groups is 2. The number of hydrogen-bond acceptors (Lipinski definition) is 3. The molecule has 0 bridgehead atoms. The van der Waals surface area contributed by atoms with Crippen LogP contribution in [0.25, 0.3) is 0 Å². The first-order valence-electron chi connectivity index (χ1n) is 8.59. The number of nitrogens with two attached hydrogens (primary N) is 1. The molecule has 124 valence electrons. The van der Waals surface area contributed by atoms with Gasteiger partial charge in [-0.3, -0.25) is 9.59 Å². The maximum Gasteiger partial charge on any atom is 0.253 e. The number of carbonyl (C=O) groups excluding carboxylic acids is 2. The van der Waals surface area contributed by atoms with Gasteiger partial charge in [-0.15, -0.1) is 0 Å². The van der Waals surface area contributed by atoms with Crippen molar-refractivity contribution >= 4 is 17.5 Å². The molecule has 0 aliphatic carbocycles. The highest BCUT2D eigenvalue weighted by molar-refractivity contribution is 5.94. The number of amides is 2. The highest BCUT2D eigenvalue weighted by Gasteiger charge is 2.26. The van der Waals surface area contributed by atoms with E-state index in [1.54, 1.807) is 0 Å². The fourth-order valence-corrected chi connectivity index (χ4v) is 3.52. The molecular formula is C18H25N3O2. The Morgan fingerprint density at radius 2 is 1.52 bits per heavy atom. The van der Waals surface area contributed by atoms with Crippen molar-refractivity contribution in [1.82, 2.24) is 4.90 Å². The molecule has 23 heavy (non-hydrogen) atoms. The molecule has 2 saturated heterocycles. The maximum atomic E-state index is 12.6. The number of primary amides is 1. The molecule has 5 heteroatoms. The summed E-state index contributed by atoms with van der Waals surface area (Å²) in [5.41, 5.74) is 7.27. The van der Waals surface area contributed by atoms with Crippen LogP contribution in [0.2, 0.25) is 0 Å². The molecule has 3 rings (SSSR count). The van der Waals surface area contributed by atoms with E-state index < -0.39 is 0 Å². The number of piperidine rings is 2. The molecule has 5 nitrogen and oxygen atoms in total. The topological polar surface area (TPSA) is 66.6 Å². The van der Waals surface area contributed by atoms with Crippen LogP contribution in [0.1, 0.15) is 42.5 Å². The zero-order valence-corrected chi connectivity index (χ0v) is 13.5. The van der Waals surface area contributed by atoms with Crippen LogP contribution in [0.5, 0.6) is 0 Å². The van der Waals surface area contributed by atoms with Crippen molar-refractivity contribution in [2.45, 2.75) is 32.1 Å². The van der Waals surface area contributed by atoms with E-state index in [1.807, 2.05) is 17.0 Å². The van der Waals surface area contributed by atoms with Gasteiger partial charge >= 0.3 is 0 Å². The molecule has 2 aliphatic rings. The lowest BCUT2D eigenvalue weighted by Crippen LogP contribution is -2.41. The van der Waals surface area contributed by atoms with Crippen molar-refractivity contribution in [1.29, 1.82) is 0 Å². The summed E-state index contributed by atoms with van der Waals surface area (Å²) in [5.74, 6) is -0.276. The minimum absolute atomic E-state index is 0.0538. The molecule has 0 unspecified atom stereocenters. The number of hydrogen-bond donors (Lipinski definition) is 1. The van der Waals surface area contributed by atoms with E-state index in [-0.39, 0.29) is 17.7 Å². The van der Waals surface area contributed by atoms with Crippen LogP contribution in [-0.2, 0) is 4.79 Å². The molecule has 0 aromatic heterocycles. The van der Waals surface area contributed by atoms with Gasteiger partial charge in [0.25, 0.3) is 5.91 Å². The summed E-state index contributed by atoms with van der Waals surface area (Å²) in [6, 6.07) is 7.95. The average molecular weight is 315 g/mol. The summed E-state index contributed by atoms with van der Waals surface area (Å²) in [5, 5.41) is 0. The summed E-state index contributed by atoms with van der Waals surface area (Å²) in [6.07, 6.45) is 5.15. The van der Waals surface area contributed by atoms with Crippen molar-refractivity contribution in [2.24, 2.45) is 11.7 Å². The summed E-state index contributed by atoms with van der Waals surface area (Å²) in [6.45, 7) is 3.43. The third kappa shape index (κ3) is 3.66. The zero-order valence-electron chi connectivity index (χ0n) is 13.5. The highest BCUT2D eigenvalue weighted by atomic mass is 16.2. The third-order valence-electron chi connectivity index (χ3n) is 5.02. The Morgan fingerprint density at radius 1 is 0.913 bits per heavy atom. The quantitative estimate of drug-likeness (QED) is 0.928. The highest BCUT2D eigenvalue weighted by Crippen LogP contribution is 2.22. The standard InChI is InChI=1S/C18H25N3O2/c19-17(22)14-8-12-21(13-9-14)18(23)15-4-6-16(7-5-15)20-10-2-1-3-11-20/h4-7,14H,1-3,8-13H2,(H2,19,22). The molecule has 0 spiro atoms. The predicted octanol–water partition coefficient (Wildman–Crippen LogP) is 2.01. The molecule has 0 saturated carbocycles. The molecule has 1 aromatic rings. The number of benzene rings is 1. The smallest absolute Gasteiger partial charge is 0.253 e. The van der Waals surface area contributed by atoms with Crippen LogP contribution in [-0.4, -0.2) is 42.9 Å². The van der Waals surface area contributed by atoms with E-state index in [2.05, 4.69) is 17.0 Å². The molecule has 2 aliphatic heterocycles. The molecule has 0 radical (unpaired) electrons. The number of nitrogens with zero attached hydrogens (tertiary/aromatic N) is 2. The molecule has 2 N–H and O–H groups in total. The Kier molecular flexibility index (Phi) is 4.84. The van der Waals surface area contributed by atoms with E-state index in [0.29, 0.717) is 25.9 Å². The van der Waals surface area contributed by atoms with Gasteiger partial charge in [0, 0.05) is 43.3 Å². The lowest BCUT2D eigenvalue weighted by Gasteiger charge is -2.31.